The summed E-state index contributed by atoms with van der Waals surface area (Å²) in [6.45, 7) is 0.480. The van der Waals surface area contributed by atoms with Gasteiger partial charge in [0.05, 0.1) is 6.61 Å². The Morgan fingerprint density at radius 2 is 2.44 bits per heavy atom. The highest BCUT2D eigenvalue weighted by atomic mass is 16.5. The molecule has 0 aliphatic carbocycles. The Labute approximate surface area is 54.7 Å². The summed E-state index contributed by atoms with van der Waals surface area (Å²) < 4.78 is 4.67. The zero-order chi connectivity index (χ0) is 7.11. The molecule has 0 bridgehead atoms. The normalized spacial score (nSPS) is 10.0. The van der Waals surface area contributed by atoms with E-state index in [2.05, 4.69) is 10.1 Å². The molecular formula is C6H11NO2. The maximum absolute atomic E-state index is 10.4. The van der Waals surface area contributed by atoms with Crippen LogP contribution in [0.5, 0.6) is 0 Å². The van der Waals surface area contributed by atoms with E-state index in [0.717, 1.165) is 0 Å². The number of methoxy groups -OCH3 is 1. The van der Waals surface area contributed by atoms with Crippen LogP contribution in [0, 0.1) is 0 Å². The molecule has 0 saturated heterocycles. The van der Waals surface area contributed by atoms with E-state index in [1.807, 2.05) is 0 Å². The number of carbonyl (C=O) groups excluding carboxylic acids is 1. The van der Waals surface area contributed by atoms with Gasteiger partial charge in [-0.1, -0.05) is 6.08 Å². The first-order chi connectivity index (χ1) is 4.31. The number of nitrogens with one attached hydrogen (secondary N) is 1. The summed E-state index contributed by atoms with van der Waals surface area (Å²) in [4.78, 5) is 10.4. The molecule has 0 saturated carbocycles. The first-order valence-electron chi connectivity index (χ1n) is 2.68. The standard InChI is InChI=1S/C6H11NO2/c1-7-6(8)4-3-5-9-2/h3-4H,5H2,1-2H3,(H,7,8). The molecule has 0 fully saturated rings. The largest absolute Gasteiger partial charge is 0.381 e. The lowest BCUT2D eigenvalue weighted by Gasteiger charge is -1.88. The van der Waals surface area contributed by atoms with Crippen molar-refractivity contribution in [2.75, 3.05) is 20.8 Å². The number of amides is 1. The van der Waals surface area contributed by atoms with Gasteiger partial charge in [-0.2, -0.15) is 0 Å². The van der Waals surface area contributed by atoms with Crippen molar-refractivity contribution in [3.8, 4) is 0 Å². The van der Waals surface area contributed by atoms with Gasteiger partial charge in [0.25, 0.3) is 0 Å². The van der Waals surface area contributed by atoms with Crippen molar-refractivity contribution in [2.24, 2.45) is 0 Å². The second-order valence-electron chi connectivity index (χ2n) is 1.47. The smallest absolute Gasteiger partial charge is 0.243 e. The lowest BCUT2D eigenvalue weighted by atomic mass is 10.5. The van der Waals surface area contributed by atoms with Crippen molar-refractivity contribution in [3.63, 3.8) is 0 Å². The molecule has 0 radical (unpaired) electrons. The fourth-order valence-corrected chi connectivity index (χ4v) is 0.335. The maximum atomic E-state index is 10.4. The zero-order valence-electron chi connectivity index (χ0n) is 5.68. The van der Waals surface area contributed by atoms with Crippen LogP contribution in [0.2, 0.25) is 0 Å². The van der Waals surface area contributed by atoms with Crippen molar-refractivity contribution < 1.29 is 9.53 Å². The van der Waals surface area contributed by atoms with E-state index in [4.69, 9.17) is 0 Å². The molecule has 1 amide bonds. The maximum Gasteiger partial charge on any atom is 0.243 e. The van der Waals surface area contributed by atoms with Crippen molar-refractivity contribution >= 4 is 5.91 Å². The molecule has 1 N–H and O–H groups in total. The van der Waals surface area contributed by atoms with Gasteiger partial charge in [0.15, 0.2) is 0 Å². The summed E-state index contributed by atoms with van der Waals surface area (Å²) in [5.41, 5.74) is 0. The van der Waals surface area contributed by atoms with Gasteiger partial charge >= 0.3 is 0 Å². The molecule has 0 aromatic rings. The minimum absolute atomic E-state index is 0.105. The number of ether oxygens (including phenoxy) is 1. The number of hydrogen-bond donors (Lipinski definition) is 1. The van der Waals surface area contributed by atoms with Crippen LogP contribution in [-0.4, -0.2) is 26.7 Å². The molecule has 0 aromatic carbocycles. The summed E-state index contributed by atoms with van der Waals surface area (Å²) >= 11 is 0. The molecule has 0 rings (SSSR count). The average molecular weight is 129 g/mol. The van der Waals surface area contributed by atoms with Gasteiger partial charge in [-0.3, -0.25) is 4.79 Å². The second-order valence-corrected chi connectivity index (χ2v) is 1.47. The quantitative estimate of drug-likeness (QED) is 0.542. The molecule has 9 heavy (non-hydrogen) atoms. The molecule has 0 heterocycles. The Bertz CT molecular complexity index is 110. The van der Waals surface area contributed by atoms with E-state index in [1.54, 1.807) is 20.2 Å². The third-order valence-corrected chi connectivity index (χ3v) is 0.779. The highest BCUT2D eigenvalue weighted by molar-refractivity contribution is 5.87. The van der Waals surface area contributed by atoms with Crippen LogP contribution in [-0.2, 0) is 9.53 Å². The topological polar surface area (TPSA) is 38.3 Å². The van der Waals surface area contributed by atoms with Gasteiger partial charge in [-0.15, -0.1) is 0 Å². The minimum Gasteiger partial charge on any atom is -0.381 e. The lowest BCUT2D eigenvalue weighted by Crippen LogP contribution is -2.14. The number of likely N-dealkylation sites (N-methyl/N-ethyl adjacent to an activating group) is 1. The molecule has 0 aromatic heterocycles. The van der Waals surface area contributed by atoms with Crippen LogP contribution in [0.4, 0.5) is 0 Å². The predicted octanol–water partition coefficient (Wildman–Crippen LogP) is -0.0650. The van der Waals surface area contributed by atoms with Crippen molar-refractivity contribution in [1.29, 1.82) is 0 Å². The van der Waals surface area contributed by atoms with Gasteiger partial charge < -0.3 is 10.1 Å². The number of carbonyl (C=O) groups is 1. The Balaban J connectivity index is 3.32. The van der Waals surface area contributed by atoms with Crippen LogP contribution in [0.1, 0.15) is 0 Å². The molecule has 0 spiro atoms. The summed E-state index contributed by atoms with van der Waals surface area (Å²) in [7, 11) is 3.16. The fraction of sp³-hybridized carbons (Fsp3) is 0.500. The second kappa shape index (κ2) is 5.31. The molecule has 52 valence electrons. The minimum atomic E-state index is -0.105. The predicted molar refractivity (Wildman–Crippen MR) is 35.1 cm³/mol. The fourth-order valence-electron chi connectivity index (χ4n) is 0.335. The van der Waals surface area contributed by atoms with Crippen LogP contribution in [0.3, 0.4) is 0 Å². The van der Waals surface area contributed by atoms with Gasteiger partial charge in [-0.05, 0) is 0 Å². The van der Waals surface area contributed by atoms with Crippen LogP contribution >= 0.6 is 0 Å². The molecule has 3 nitrogen and oxygen atoms in total. The third kappa shape index (κ3) is 5.03. The third-order valence-electron chi connectivity index (χ3n) is 0.779. The Morgan fingerprint density at radius 3 is 2.89 bits per heavy atom. The van der Waals surface area contributed by atoms with E-state index < -0.39 is 0 Å². The Hall–Kier alpha value is -0.830. The van der Waals surface area contributed by atoms with E-state index in [0.29, 0.717) is 6.61 Å². The summed E-state index contributed by atoms with van der Waals surface area (Å²) in [5, 5.41) is 2.44. The van der Waals surface area contributed by atoms with Crippen molar-refractivity contribution in [2.45, 2.75) is 0 Å². The first-order valence-corrected chi connectivity index (χ1v) is 2.68. The Morgan fingerprint density at radius 1 is 1.78 bits per heavy atom. The van der Waals surface area contributed by atoms with E-state index in [-0.39, 0.29) is 5.91 Å². The monoisotopic (exact) mass is 129 g/mol. The molecule has 0 unspecified atom stereocenters. The number of rotatable bonds is 3. The van der Waals surface area contributed by atoms with E-state index in [9.17, 15) is 4.79 Å². The molecule has 0 aliphatic rings. The highest BCUT2D eigenvalue weighted by Crippen LogP contribution is 1.72. The van der Waals surface area contributed by atoms with Crippen molar-refractivity contribution in [3.05, 3.63) is 12.2 Å². The lowest BCUT2D eigenvalue weighted by molar-refractivity contribution is -0.116. The van der Waals surface area contributed by atoms with E-state index >= 15 is 0 Å². The van der Waals surface area contributed by atoms with Crippen LogP contribution in [0.25, 0.3) is 0 Å². The van der Waals surface area contributed by atoms with E-state index in [1.165, 1.54) is 6.08 Å². The van der Waals surface area contributed by atoms with Crippen LogP contribution in [0.15, 0.2) is 12.2 Å². The highest BCUT2D eigenvalue weighted by Gasteiger charge is 1.84. The summed E-state index contributed by atoms with van der Waals surface area (Å²) in [5.74, 6) is -0.105. The molecule has 3 heteroatoms. The van der Waals surface area contributed by atoms with Crippen molar-refractivity contribution in [1.82, 2.24) is 5.32 Å². The first kappa shape index (κ1) is 8.17. The van der Waals surface area contributed by atoms with Crippen LogP contribution < -0.4 is 5.32 Å². The zero-order valence-corrected chi connectivity index (χ0v) is 5.68. The van der Waals surface area contributed by atoms with Gasteiger partial charge in [0.2, 0.25) is 5.91 Å². The van der Waals surface area contributed by atoms with Gasteiger partial charge in [0.1, 0.15) is 0 Å². The SMILES string of the molecule is CNC(=O)C=CCOC. The number of hydrogen-bond acceptors (Lipinski definition) is 2. The average Bonchev–Trinajstić information content (AvgIpc) is 1.89. The summed E-state index contributed by atoms with van der Waals surface area (Å²) in [6, 6.07) is 0. The molecule has 0 atom stereocenters. The Kier molecular flexibility index (Phi) is 4.82. The van der Waals surface area contributed by atoms with Gasteiger partial charge in [0, 0.05) is 20.2 Å². The molecule has 0 aliphatic heterocycles. The molecular weight excluding hydrogens is 118 g/mol. The van der Waals surface area contributed by atoms with Gasteiger partial charge in [-0.25, -0.2) is 0 Å². The summed E-state index contributed by atoms with van der Waals surface area (Å²) in [6.07, 6.45) is 3.09.